The summed E-state index contributed by atoms with van der Waals surface area (Å²) in [5.74, 6) is 1.53. The van der Waals surface area contributed by atoms with Gasteiger partial charge in [-0.2, -0.15) is 0 Å². The van der Waals surface area contributed by atoms with Crippen molar-refractivity contribution in [3.05, 3.63) is 101 Å². The third kappa shape index (κ3) is 4.24. The van der Waals surface area contributed by atoms with Crippen molar-refractivity contribution in [2.45, 2.75) is 25.4 Å². The Balaban J connectivity index is 1.40. The normalized spacial score (nSPS) is 15.2. The number of likely N-dealkylation sites (tertiary alicyclic amines) is 1. The van der Waals surface area contributed by atoms with Gasteiger partial charge in [-0.05, 0) is 48.7 Å². The second-order valence-electron chi connectivity index (χ2n) is 8.09. The topological polar surface area (TPSA) is 26.0 Å². The lowest BCUT2D eigenvalue weighted by atomic mass is 9.90. The first-order valence-corrected chi connectivity index (χ1v) is 11.3. The number of aromatic nitrogens is 3. The van der Waals surface area contributed by atoms with Crippen molar-refractivity contribution in [1.82, 2.24) is 19.2 Å². The lowest BCUT2D eigenvalue weighted by Crippen LogP contribution is -2.34. The Labute approximate surface area is 188 Å². The van der Waals surface area contributed by atoms with Crippen LogP contribution in [-0.4, -0.2) is 32.3 Å². The molecular formula is C26H26N4S. The molecule has 0 bridgehead atoms. The average molecular weight is 427 g/mol. The van der Waals surface area contributed by atoms with E-state index in [1.165, 1.54) is 18.4 Å². The molecule has 0 saturated carbocycles. The Morgan fingerprint density at radius 3 is 2.00 bits per heavy atom. The van der Waals surface area contributed by atoms with E-state index in [2.05, 4.69) is 64.1 Å². The molecule has 0 aliphatic carbocycles. The third-order valence-electron chi connectivity index (χ3n) is 6.08. The minimum absolute atomic E-state index is 0.646. The van der Waals surface area contributed by atoms with Crippen LogP contribution in [-0.2, 0) is 6.67 Å². The summed E-state index contributed by atoms with van der Waals surface area (Å²) in [4.78, 5) is 2.46. The highest BCUT2D eigenvalue weighted by Crippen LogP contribution is 2.28. The van der Waals surface area contributed by atoms with E-state index >= 15 is 0 Å². The minimum atomic E-state index is 0.646. The number of benzene rings is 3. The van der Waals surface area contributed by atoms with Gasteiger partial charge in [-0.1, -0.05) is 78.9 Å². The fourth-order valence-corrected chi connectivity index (χ4v) is 4.70. The van der Waals surface area contributed by atoms with Crippen LogP contribution in [0.25, 0.3) is 17.1 Å². The van der Waals surface area contributed by atoms with Gasteiger partial charge in [0.1, 0.15) is 0 Å². The SMILES string of the molecule is S=c1n(CN2CCC(c3ccccc3)CC2)nc(-c2ccccc2)n1-c1ccccc1. The Bertz CT molecular complexity index is 1170. The molecule has 2 heterocycles. The zero-order valence-corrected chi connectivity index (χ0v) is 18.3. The molecule has 1 aliphatic heterocycles. The highest BCUT2D eigenvalue weighted by molar-refractivity contribution is 7.71. The predicted octanol–water partition coefficient (Wildman–Crippen LogP) is 5.91. The summed E-state index contributed by atoms with van der Waals surface area (Å²) in [6.45, 7) is 2.83. The van der Waals surface area contributed by atoms with Crippen LogP contribution in [0.5, 0.6) is 0 Å². The Kier molecular flexibility index (Phi) is 5.78. The van der Waals surface area contributed by atoms with Gasteiger partial charge in [-0.25, -0.2) is 4.68 Å². The first-order chi connectivity index (χ1) is 15.3. The largest absolute Gasteiger partial charge is 0.284 e. The van der Waals surface area contributed by atoms with Crippen LogP contribution < -0.4 is 0 Å². The van der Waals surface area contributed by atoms with Gasteiger partial charge in [0.2, 0.25) is 4.77 Å². The maximum Gasteiger partial charge on any atom is 0.204 e. The summed E-state index contributed by atoms with van der Waals surface area (Å²) in [5.41, 5.74) is 3.57. The van der Waals surface area contributed by atoms with Crippen molar-refractivity contribution in [1.29, 1.82) is 0 Å². The first-order valence-electron chi connectivity index (χ1n) is 10.9. The van der Waals surface area contributed by atoms with Crippen molar-refractivity contribution in [2.75, 3.05) is 13.1 Å². The van der Waals surface area contributed by atoms with Crippen molar-refractivity contribution in [2.24, 2.45) is 0 Å². The van der Waals surface area contributed by atoms with Gasteiger partial charge in [-0.15, -0.1) is 5.10 Å². The van der Waals surface area contributed by atoms with Gasteiger partial charge in [0.05, 0.1) is 6.67 Å². The maximum absolute atomic E-state index is 5.90. The Morgan fingerprint density at radius 1 is 0.774 bits per heavy atom. The molecule has 0 spiro atoms. The molecule has 1 aromatic heterocycles. The molecule has 3 aromatic carbocycles. The van der Waals surface area contributed by atoms with Gasteiger partial charge in [0.15, 0.2) is 5.82 Å². The Morgan fingerprint density at radius 2 is 1.35 bits per heavy atom. The maximum atomic E-state index is 5.90. The van der Waals surface area contributed by atoms with E-state index in [1.807, 2.05) is 41.1 Å². The molecule has 1 fully saturated rings. The summed E-state index contributed by atoms with van der Waals surface area (Å²) in [7, 11) is 0. The summed E-state index contributed by atoms with van der Waals surface area (Å²) in [6, 6.07) is 31.4. The van der Waals surface area contributed by atoms with Crippen LogP contribution in [0.15, 0.2) is 91.0 Å². The Hall–Kier alpha value is -3.02. The molecule has 0 N–H and O–H groups in total. The van der Waals surface area contributed by atoms with E-state index in [9.17, 15) is 0 Å². The molecule has 31 heavy (non-hydrogen) atoms. The molecule has 156 valence electrons. The molecule has 5 rings (SSSR count). The van der Waals surface area contributed by atoms with Gasteiger partial charge in [0.25, 0.3) is 0 Å². The highest BCUT2D eigenvalue weighted by atomic mass is 32.1. The molecule has 0 atom stereocenters. The molecule has 4 aromatic rings. The van der Waals surface area contributed by atoms with Crippen LogP contribution in [0.4, 0.5) is 0 Å². The quantitative estimate of drug-likeness (QED) is 0.371. The lowest BCUT2D eigenvalue weighted by Gasteiger charge is -2.31. The van der Waals surface area contributed by atoms with E-state index in [0.29, 0.717) is 5.92 Å². The second-order valence-corrected chi connectivity index (χ2v) is 8.45. The molecule has 0 amide bonds. The van der Waals surface area contributed by atoms with Crippen molar-refractivity contribution < 1.29 is 0 Å². The van der Waals surface area contributed by atoms with Crippen LogP contribution in [0, 0.1) is 4.77 Å². The van der Waals surface area contributed by atoms with Gasteiger partial charge < -0.3 is 0 Å². The number of rotatable bonds is 5. The summed E-state index contributed by atoms with van der Waals surface area (Å²) < 4.78 is 4.80. The van der Waals surface area contributed by atoms with E-state index in [0.717, 1.165) is 41.6 Å². The monoisotopic (exact) mass is 426 g/mol. The summed E-state index contributed by atoms with van der Waals surface area (Å²) >= 11 is 5.90. The number of para-hydroxylation sites is 1. The van der Waals surface area contributed by atoms with Crippen LogP contribution in [0.1, 0.15) is 24.3 Å². The fourth-order valence-electron chi connectivity index (χ4n) is 4.41. The number of nitrogens with zero attached hydrogens (tertiary/aromatic N) is 4. The van der Waals surface area contributed by atoms with Crippen LogP contribution in [0.3, 0.4) is 0 Å². The van der Waals surface area contributed by atoms with E-state index in [1.54, 1.807) is 0 Å². The van der Waals surface area contributed by atoms with Crippen molar-refractivity contribution >= 4 is 12.2 Å². The third-order valence-corrected chi connectivity index (χ3v) is 6.47. The summed E-state index contributed by atoms with van der Waals surface area (Å²) in [5, 5.41) is 4.96. The highest BCUT2D eigenvalue weighted by Gasteiger charge is 2.22. The van der Waals surface area contributed by atoms with Crippen molar-refractivity contribution in [3.63, 3.8) is 0 Å². The van der Waals surface area contributed by atoms with E-state index in [-0.39, 0.29) is 0 Å². The summed E-state index contributed by atoms with van der Waals surface area (Å²) in [6.07, 6.45) is 2.34. The molecule has 1 aliphatic rings. The second kappa shape index (κ2) is 9.00. The molecule has 1 saturated heterocycles. The van der Waals surface area contributed by atoms with Gasteiger partial charge >= 0.3 is 0 Å². The van der Waals surface area contributed by atoms with Crippen LogP contribution >= 0.6 is 12.2 Å². The molecule has 4 nitrogen and oxygen atoms in total. The van der Waals surface area contributed by atoms with E-state index in [4.69, 9.17) is 17.3 Å². The lowest BCUT2D eigenvalue weighted by molar-refractivity contribution is 0.160. The predicted molar refractivity (Wildman–Crippen MR) is 128 cm³/mol. The molecule has 0 unspecified atom stereocenters. The van der Waals surface area contributed by atoms with Crippen molar-refractivity contribution in [3.8, 4) is 17.1 Å². The zero-order chi connectivity index (χ0) is 21.0. The average Bonchev–Trinajstić information content (AvgIpc) is 3.17. The molecular weight excluding hydrogens is 400 g/mol. The smallest absolute Gasteiger partial charge is 0.204 e. The standard InChI is InChI=1S/C26H26N4S/c31-26-29(20-28-18-16-22(17-19-28)21-10-4-1-5-11-21)27-25(23-12-6-2-7-13-23)30(26)24-14-8-3-9-15-24/h1-15,22H,16-20H2. The molecule has 5 heteroatoms. The number of hydrogen-bond donors (Lipinski definition) is 0. The first kappa shape index (κ1) is 19.9. The van der Waals surface area contributed by atoms with Gasteiger partial charge in [0, 0.05) is 24.3 Å². The van der Waals surface area contributed by atoms with E-state index < -0.39 is 0 Å². The number of hydrogen-bond acceptors (Lipinski definition) is 3. The number of piperidine rings is 1. The zero-order valence-electron chi connectivity index (χ0n) is 17.5. The van der Waals surface area contributed by atoms with Gasteiger partial charge in [-0.3, -0.25) is 9.47 Å². The molecule has 0 radical (unpaired) electrons. The van der Waals surface area contributed by atoms with Crippen LogP contribution in [0.2, 0.25) is 0 Å². The minimum Gasteiger partial charge on any atom is -0.284 e. The fraction of sp³-hybridized carbons (Fsp3) is 0.231.